The third kappa shape index (κ3) is 2.60. The summed E-state index contributed by atoms with van der Waals surface area (Å²) in [4.78, 5) is 10.7. The van der Waals surface area contributed by atoms with E-state index in [4.69, 9.17) is 15.6 Å². The largest absolute Gasteiger partial charge is 0.497 e. The smallest absolute Gasteiger partial charge is 0.320 e. The fraction of sp³-hybridized carbons (Fsp3) is 0.214. The van der Waals surface area contributed by atoms with Gasteiger partial charge < -0.3 is 15.6 Å². The second-order valence-electron chi connectivity index (χ2n) is 4.20. The molecule has 0 aliphatic carbocycles. The van der Waals surface area contributed by atoms with Crippen molar-refractivity contribution in [2.24, 2.45) is 5.73 Å². The molecule has 0 saturated carbocycles. The molecule has 0 aliphatic heterocycles. The van der Waals surface area contributed by atoms with E-state index in [-0.39, 0.29) is 0 Å². The molecular formula is C14H15NO3. The first-order valence-electron chi connectivity index (χ1n) is 5.65. The number of carbonyl (C=O) groups is 1. The number of carboxylic acids is 1. The molecule has 0 bridgehead atoms. The lowest BCUT2D eigenvalue weighted by molar-refractivity contribution is -0.138. The van der Waals surface area contributed by atoms with Gasteiger partial charge in [-0.2, -0.15) is 0 Å². The Labute approximate surface area is 105 Å². The van der Waals surface area contributed by atoms with Crippen LogP contribution in [0.2, 0.25) is 0 Å². The summed E-state index contributed by atoms with van der Waals surface area (Å²) in [6, 6.07) is 10.7. The third-order valence-corrected chi connectivity index (χ3v) is 2.88. The third-order valence-electron chi connectivity index (χ3n) is 2.88. The van der Waals surface area contributed by atoms with Crippen molar-refractivity contribution < 1.29 is 14.6 Å². The molecule has 2 rings (SSSR count). The number of ether oxygens (including phenoxy) is 1. The monoisotopic (exact) mass is 245 g/mol. The normalized spacial score (nSPS) is 12.3. The topological polar surface area (TPSA) is 72.5 Å². The molecule has 0 aliphatic rings. The molecule has 0 aromatic heterocycles. The number of nitrogens with two attached hydrogens (primary N) is 1. The van der Waals surface area contributed by atoms with Crippen molar-refractivity contribution in [3.8, 4) is 5.75 Å². The summed E-state index contributed by atoms with van der Waals surface area (Å²) < 4.78 is 5.15. The van der Waals surface area contributed by atoms with Crippen LogP contribution in [0.15, 0.2) is 36.4 Å². The van der Waals surface area contributed by atoms with Gasteiger partial charge in [0, 0.05) is 0 Å². The van der Waals surface area contributed by atoms with Crippen molar-refractivity contribution in [3.05, 3.63) is 42.0 Å². The van der Waals surface area contributed by atoms with Crippen LogP contribution in [-0.2, 0) is 11.2 Å². The molecule has 0 radical (unpaired) electrons. The molecule has 4 nitrogen and oxygen atoms in total. The molecule has 2 aromatic carbocycles. The molecule has 0 spiro atoms. The van der Waals surface area contributed by atoms with Gasteiger partial charge in [0.05, 0.1) is 7.11 Å². The SMILES string of the molecule is COc1ccc2cc(C[C@H](N)C(=O)O)ccc2c1. The summed E-state index contributed by atoms with van der Waals surface area (Å²) in [5, 5.41) is 10.9. The quantitative estimate of drug-likeness (QED) is 0.861. The van der Waals surface area contributed by atoms with Crippen molar-refractivity contribution >= 4 is 16.7 Å². The van der Waals surface area contributed by atoms with Gasteiger partial charge in [-0.1, -0.05) is 24.3 Å². The number of benzene rings is 2. The molecule has 0 saturated heterocycles. The van der Waals surface area contributed by atoms with Crippen molar-refractivity contribution in [2.75, 3.05) is 7.11 Å². The molecule has 18 heavy (non-hydrogen) atoms. The number of rotatable bonds is 4. The van der Waals surface area contributed by atoms with E-state index in [0.29, 0.717) is 6.42 Å². The molecule has 0 amide bonds. The van der Waals surface area contributed by atoms with Crippen molar-refractivity contribution in [2.45, 2.75) is 12.5 Å². The van der Waals surface area contributed by atoms with Gasteiger partial charge in [-0.15, -0.1) is 0 Å². The van der Waals surface area contributed by atoms with E-state index in [1.165, 1.54) is 0 Å². The Hall–Kier alpha value is -2.07. The van der Waals surface area contributed by atoms with Gasteiger partial charge in [-0.3, -0.25) is 4.79 Å². The van der Waals surface area contributed by atoms with Crippen LogP contribution in [0.5, 0.6) is 5.75 Å². The lowest BCUT2D eigenvalue weighted by atomic mass is 10.0. The Balaban J connectivity index is 2.30. The summed E-state index contributed by atoms with van der Waals surface area (Å²) in [6.07, 6.45) is 0.331. The molecule has 0 heterocycles. The Bertz CT molecular complexity index is 580. The lowest BCUT2D eigenvalue weighted by Crippen LogP contribution is -2.32. The van der Waals surface area contributed by atoms with Crippen LogP contribution in [-0.4, -0.2) is 24.2 Å². The maximum Gasteiger partial charge on any atom is 0.320 e. The van der Waals surface area contributed by atoms with Gasteiger partial charge in [-0.25, -0.2) is 0 Å². The molecule has 0 fully saturated rings. The van der Waals surface area contributed by atoms with Gasteiger partial charge >= 0.3 is 5.97 Å². The van der Waals surface area contributed by atoms with Gasteiger partial charge in [0.25, 0.3) is 0 Å². The van der Waals surface area contributed by atoms with Crippen LogP contribution in [0.25, 0.3) is 10.8 Å². The van der Waals surface area contributed by atoms with E-state index in [9.17, 15) is 4.79 Å². The molecule has 0 unspecified atom stereocenters. The number of fused-ring (bicyclic) bond motifs is 1. The van der Waals surface area contributed by atoms with Gasteiger partial charge in [0.2, 0.25) is 0 Å². The van der Waals surface area contributed by atoms with E-state index in [2.05, 4.69) is 0 Å². The summed E-state index contributed by atoms with van der Waals surface area (Å²) in [5.41, 5.74) is 6.44. The highest BCUT2D eigenvalue weighted by molar-refractivity contribution is 5.84. The molecule has 1 atom stereocenters. The van der Waals surface area contributed by atoms with E-state index in [1.54, 1.807) is 7.11 Å². The minimum Gasteiger partial charge on any atom is -0.497 e. The highest BCUT2D eigenvalue weighted by Crippen LogP contribution is 2.22. The van der Waals surface area contributed by atoms with E-state index in [0.717, 1.165) is 22.1 Å². The van der Waals surface area contributed by atoms with Crippen LogP contribution >= 0.6 is 0 Å². The molecule has 3 N–H and O–H groups in total. The number of aliphatic carboxylic acids is 1. The second-order valence-corrected chi connectivity index (χ2v) is 4.20. The zero-order valence-corrected chi connectivity index (χ0v) is 10.1. The van der Waals surface area contributed by atoms with Gasteiger partial charge in [0.15, 0.2) is 0 Å². The average Bonchev–Trinajstić information content (AvgIpc) is 2.37. The van der Waals surface area contributed by atoms with E-state index >= 15 is 0 Å². The van der Waals surface area contributed by atoms with Crippen molar-refractivity contribution in [3.63, 3.8) is 0 Å². The minimum absolute atomic E-state index is 0.331. The standard InChI is InChI=1S/C14H15NO3/c1-18-12-5-4-10-6-9(2-3-11(10)8-12)7-13(15)14(16)17/h2-6,8,13H,7,15H2,1H3,(H,16,17)/t13-/m0/s1. The number of carboxylic acid groups (broad SMARTS) is 1. The van der Waals surface area contributed by atoms with Crippen LogP contribution in [0.3, 0.4) is 0 Å². The zero-order chi connectivity index (χ0) is 13.1. The fourth-order valence-electron chi connectivity index (χ4n) is 1.87. The van der Waals surface area contributed by atoms with E-state index in [1.807, 2.05) is 36.4 Å². The average molecular weight is 245 g/mol. The van der Waals surface area contributed by atoms with E-state index < -0.39 is 12.0 Å². The van der Waals surface area contributed by atoms with Crippen molar-refractivity contribution in [1.29, 1.82) is 0 Å². The lowest BCUT2D eigenvalue weighted by Gasteiger charge is -2.08. The summed E-state index contributed by atoms with van der Waals surface area (Å²) >= 11 is 0. The number of hydrogen-bond acceptors (Lipinski definition) is 3. The molecule has 4 heteroatoms. The maximum atomic E-state index is 10.7. The van der Waals surface area contributed by atoms with Crippen LogP contribution < -0.4 is 10.5 Å². The first-order chi connectivity index (χ1) is 8.60. The summed E-state index contributed by atoms with van der Waals surface area (Å²) in [5.74, 6) is -0.178. The molecule has 94 valence electrons. The fourth-order valence-corrected chi connectivity index (χ4v) is 1.87. The van der Waals surface area contributed by atoms with Crippen LogP contribution in [0.4, 0.5) is 0 Å². The Morgan fingerprint density at radius 3 is 2.61 bits per heavy atom. The highest BCUT2D eigenvalue weighted by atomic mass is 16.5. The number of hydrogen-bond donors (Lipinski definition) is 2. The zero-order valence-electron chi connectivity index (χ0n) is 10.1. The Morgan fingerprint density at radius 2 is 1.94 bits per heavy atom. The summed E-state index contributed by atoms with van der Waals surface area (Å²) in [7, 11) is 1.63. The Morgan fingerprint density at radius 1 is 1.28 bits per heavy atom. The summed E-state index contributed by atoms with van der Waals surface area (Å²) in [6.45, 7) is 0. The first kappa shape index (κ1) is 12.4. The first-order valence-corrected chi connectivity index (χ1v) is 5.65. The van der Waals surface area contributed by atoms with Gasteiger partial charge in [-0.05, 0) is 34.9 Å². The van der Waals surface area contributed by atoms with Crippen molar-refractivity contribution in [1.82, 2.24) is 0 Å². The molecule has 2 aromatic rings. The van der Waals surface area contributed by atoms with Gasteiger partial charge in [0.1, 0.15) is 11.8 Å². The maximum absolute atomic E-state index is 10.7. The number of methoxy groups -OCH3 is 1. The highest BCUT2D eigenvalue weighted by Gasteiger charge is 2.12. The predicted octanol–water partition coefficient (Wildman–Crippen LogP) is 1.80. The van der Waals surface area contributed by atoms with Crippen LogP contribution in [0, 0.1) is 0 Å². The Kier molecular flexibility index (Phi) is 3.48. The molecular weight excluding hydrogens is 230 g/mol. The van der Waals surface area contributed by atoms with Crippen LogP contribution in [0.1, 0.15) is 5.56 Å². The predicted molar refractivity (Wildman–Crippen MR) is 69.8 cm³/mol. The second kappa shape index (κ2) is 5.06. The minimum atomic E-state index is -0.982.